The van der Waals surface area contributed by atoms with E-state index >= 15 is 0 Å². The Labute approximate surface area is 119 Å². The summed E-state index contributed by atoms with van der Waals surface area (Å²) in [7, 11) is 0. The fourth-order valence-electron chi connectivity index (χ4n) is 2.24. The molecule has 6 nitrogen and oxygen atoms in total. The number of amides is 1. The van der Waals surface area contributed by atoms with Gasteiger partial charge in [-0.1, -0.05) is 0 Å². The molecule has 0 aromatic heterocycles. The molecule has 0 saturated heterocycles. The molecular formula is C14H25NO5. The van der Waals surface area contributed by atoms with E-state index in [4.69, 9.17) is 9.47 Å². The molecule has 0 aromatic rings. The van der Waals surface area contributed by atoms with E-state index in [2.05, 4.69) is 5.32 Å². The van der Waals surface area contributed by atoms with Crippen LogP contribution in [0.2, 0.25) is 0 Å². The quantitative estimate of drug-likeness (QED) is 0.770. The van der Waals surface area contributed by atoms with Gasteiger partial charge < -0.3 is 19.9 Å². The maximum Gasteiger partial charge on any atom is 0.407 e. The first-order valence-corrected chi connectivity index (χ1v) is 7.07. The van der Waals surface area contributed by atoms with Gasteiger partial charge in [0.1, 0.15) is 5.60 Å². The monoisotopic (exact) mass is 287 g/mol. The lowest BCUT2D eigenvalue weighted by Gasteiger charge is -2.33. The Balaban J connectivity index is 2.54. The smallest absolute Gasteiger partial charge is 0.407 e. The van der Waals surface area contributed by atoms with E-state index in [9.17, 15) is 14.7 Å². The molecule has 0 bridgehead atoms. The molecule has 0 aliphatic heterocycles. The van der Waals surface area contributed by atoms with E-state index in [0.29, 0.717) is 25.9 Å². The van der Waals surface area contributed by atoms with Crippen LogP contribution in [0.5, 0.6) is 0 Å². The van der Waals surface area contributed by atoms with Crippen molar-refractivity contribution < 1.29 is 24.2 Å². The van der Waals surface area contributed by atoms with Crippen LogP contribution in [0.3, 0.4) is 0 Å². The Morgan fingerprint density at radius 1 is 1.30 bits per heavy atom. The molecule has 0 radical (unpaired) electrons. The number of aliphatic hydroxyl groups excluding tert-OH is 1. The third-order valence-corrected chi connectivity index (χ3v) is 3.14. The summed E-state index contributed by atoms with van der Waals surface area (Å²) >= 11 is 0. The molecule has 1 aliphatic rings. The van der Waals surface area contributed by atoms with Crippen LogP contribution in [0, 0.1) is 5.92 Å². The summed E-state index contributed by atoms with van der Waals surface area (Å²) in [6.45, 7) is 7.40. The average Bonchev–Trinajstić information content (AvgIpc) is 2.29. The molecule has 0 unspecified atom stereocenters. The van der Waals surface area contributed by atoms with E-state index in [0.717, 1.165) is 0 Å². The zero-order valence-electron chi connectivity index (χ0n) is 12.6. The highest BCUT2D eigenvalue weighted by Gasteiger charge is 2.35. The third kappa shape index (κ3) is 5.36. The first-order chi connectivity index (χ1) is 9.23. The van der Waals surface area contributed by atoms with Crippen molar-refractivity contribution in [3.05, 3.63) is 0 Å². The molecule has 1 saturated carbocycles. The predicted octanol–water partition coefficient (Wildman–Crippen LogP) is 1.60. The molecule has 1 fully saturated rings. The standard InChI is InChI=1S/C14H25NO5/c1-5-19-12(17)9-6-7-11(16)10(8-9)15-13(18)20-14(2,3)4/h9-11,16H,5-8H2,1-4H3,(H,15,18)/t9-,10-,11+/m0/s1. The molecule has 0 heterocycles. The highest BCUT2D eigenvalue weighted by molar-refractivity contribution is 5.73. The summed E-state index contributed by atoms with van der Waals surface area (Å²) < 4.78 is 10.1. The first-order valence-electron chi connectivity index (χ1n) is 7.07. The van der Waals surface area contributed by atoms with Gasteiger partial charge in [-0.2, -0.15) is 0 Å². The van der Waals surface area contributed by atoms with Crippen molar-refractivity contribution in [3.8, 4) is 0 Å². The Kier molecular flexibility index (Phi) is 5.80. The topological polar surface area (TPSA) is 84.9 Å². The van der Waals surface area contributed by atoms with Crippen molar-refractivity contribution in [1.29, 1.82) is 0 Å². The first kappa shape index (κ1) is 16.8. The van der Waals surface area contributed by atoms with Crippen LogP contribution in [0.4, 0.5) is 4.79 Å². The maximum atomic E-state index is 11.7. The SMILES string of the molecule is CCOC(=O)[C@H]1CC[C@@H](O)[C@@H](NC(=O)OC(C)(C)C)C1. The van der Waals surface area contributed by atoms with Crippen LogP contribution in [-0.4, -0.2) is 41.5 Å². The van der Waals surface area contributed by atoms with Crippen molar-refractivity contribution >= 4 is 12.1 Å². The van der Waals surface area contributed by atoms with Crippen LogP contribution < -0.4 is 5.32 Å². The van der Waals surface area contributed by atoms with E-state index in [1.165, 1.54) is 0 Å². The van der Waals surface area contributed by atoms with E-state index in [-0.39, 0.29) is 11.9 Å². The van der Waals surface area contributed by atoms with Gasteiger partial charge in [-0.05, 0) is 47.0 Å². The number of aliphatic hydroxyl groups is 1. The Morgan fingerprint density at radius 3 is 2.50 bits per heavy atom. The molecule has 20 heavy (non-hydrogen) atoms. The molecule has 116 valence electrons. The van der Waals surface area contributed by atoms with Gasteiger partial charge in [-0.15, -0.1) is 0 Å². The number of ether oxygens (including phenoxy) is 2. The van der Waals surface area contributed by atoms with Crippen molar-refractivity contribution in [2.75, 3.05) is 6.61 Å². The second-order valence-electron chi connectivity index (χ2n) is 6.08. The Morgan fingerprint density at radius 2 is 1.95 bits per heavy atom. The van der Waals surface area contributed by atoms with Crippen LogP contribution >= 0.6 is 0 Å². The maximum absolute atomic E-state index is 11.7. The average molecular weight is 287 g/mol. The van der Waals surface area contributed by atoms with E-state index in [1.807, 2.05) is 0 Å². The Bertz CT molecular complexity index is 350. The van der Waals surface area contributed by atoms with Gasteiger partial charge in [0.25, 0.3) is 0 Å². The number of esters is 1. The lowest BCUT2D eigenvalue weighted by Crippen LogP contribution is -2.49. The van der Waals surface area contributed by atoms with Crippen molar-refractivity contribution in [3.63, 3.8) is 0 Å². The van der Waals surface area contributed by atoms with E-state index < -0.39 is 23.8 Å². The minimum Gasteiger partial charge on any atom is -0.466 e. The summed E-state index contributed by atoms with van der Waals surface area (Å²) in [6.07, 6.45) is 0.176. The molecular weight excluding hydrogens is 262 g/mol. The molecule has 1 amide bonds. The number of alkyl carbamates (subject to hydrolysis) is 1. The Hall–Kier alpha value is -1.30. The third-order valence-electron chi connectivity index (χ3n) is 3.14. The summed E-state index contributed by atoms with van der Waals surface area (Å²) in [6, 6.07) is -0.479. The van der Waals surface area contributed by atoms with Crippen LogP contribution in [-0.2, 0) is 14.3 Å². The second-order valence-corrected chi connectivity index (χ2v) is 6.08. The molecule has 1 aliphatic carbocycles. The second kappa shape index (κ2) is 6.92. The van der Waals surface area contributed by atoms with Crippen LogP contribution in [0.15, 0.2) is 0 Å². The predicted molar refractivity (Wildman–Crippen MR) is 73.1 cm³/mol. The van der Waals surface area contributed by atoms with Crippen LogP contribution in [0.25, 0.3) is 0 Å². The summed E-state index contributed by atoms with van der Waals surface area (Å²) in [5, 5.41) is 12.6. The van der Waals surface area contributed by atoms with Gasteiger partial charge in [0.05, 0.1) is 24.7 Å². The number of carbonyl (C=O) groups is 2. The molecule has 6 heteroatoms. The fraction of sp³-hybridized carbons (Fsp3) is 0.857. The minimum absolute atomic E-state index is 0.268. The normalized spacial score (nSPS) is 26.8. The molecule has 0 aromatic carbocycles. The molecule has 3 atom stereocenters. The van der Waals surface area contributed by atoms with Gasteiger partial charge >= 0.3 is 12.1 Å². The van der Waals surface area contributed by atoms with Crippen LogP contribution in [0.1, 0.15) is 47.0 Å². The zero-order chi connectivity index (χ0) is 15.3. The van der Waals surface area contributed by atoms with E-state index in [1.54, 1.807) is 27.7 Å². The zero-order valence-corrected chi connectivity index (χ0v) is 12.6. The van der Waals surface area contributed by atoms with Gasteiger partial charge in [0.15, 0.2) is 0 Å². The number of rotatable bonds is 3. The van der Waals surface area contributed by atoms with Gasteiger partial charge in [-0.25, -0.2) is 4.79 Å². The lowest BCUT2D eigenvalue weighted by molar-refractivity contribution is -0.150. The fourth-order valence-corrected chi connectivity index (χ4v) is 2.24. The number of nitrogens with one attached hydrogen (secondary N) is 1. The van der Waals surface area contributed by atoms with Gasteiger partial charge in [-0.3, -0.25) is 4.79 Å². The molecule has 0 spiro atoms. The van der Waals surface area contributed by atoms with Gasteiger partial charge in [0, 0.05) is 0 Å². The number of hydrogen-bond acceptors (Lipinski definition) is 5. The highest BCUT2D eigenvalue weighted by atomic mass is 16.6. The summed E-state index contributed by atoms with van der Waals surface area (Å²) in [4.78, 5) is 23.4. The van der Waals surface area contributed by atoms with Gasteiger partial charge in [0.2, 0.25) is 0 Å². The minimum atomic E-state index is -0.659. The van der Waals surface area contributed by atoms with Crippen molar-refractivity contribution in [2.45, 2.75) is 64.7 Å². The number of hydrogen-bond donors (Lipinski definition) is 2. The lowest BCUT2D eigenvalue weighted by atomic mass is 9.84. The number of carbonyl (C=O) groups excluding carboxylic acids is 2. The largest absolute Gasteiger partial charge is 0.466 e. The molecule has 1 rings (SSSR count). The summed E-state index contributed by atoms with van der Waals surface area (Å²) in [5.41, 5.74) is -0.593. The van der Waals surface area contributed by atoms with Crippen molar-refractivity contribution in [1.82, 2.24) is 5.32 Å². The van der Waals surface area contributed by atoms with Crippen molar-refractivity contribution in [2.24, 2.45) is 5.92 Å². The summed E-state index contributed by atoms with van der Waals surface area (Å²) in [5.74, 6) is -0.548. The molecule has 2 N–H and O–H groups in total. The highest BCUT2D eigenvalue weighted by Crippen LogP contribution is 2.26.